The number of benzene rings is 1. The number of para-hydroxylation sites is 2. The predicted molar refractivity (Wildman–Crippen MR) is 124 cm³/mol. The topological polar surface area (TPSA) is 88.2 Å². The van der Waals surface area contributed by atoms with E-state index in [0.717, 1.165) is 11.5 Å². The molecule has 0 aromatic heterocycles. The number of hydrogen-bond donors (Lipinski definition) is 1. The first-order valence-corrected chi connectivity index (χ1v) is 12.5. The molecule has 0 bridgehead atoms. The van der Waals surface area contributed by atoms with E-state index in [4.69, 9.17) is 44.3 Å². The number of carbonyl (C=O) groups excluding carboxylic acids is 3. The summed E-state index contributed by atoms with van der Waals surface area (Å²) in [6.45, 7) is 3.07. The summed E-state index contributed by atoms with van der Waals surface area (Å²) in [6.07, 6.45) is 0.309. The minimum atomic E-state index is -1.64. The van der Waals surface area contributed by atoms with Crippen molar-refractivity contribution in [2.45, 2.75) is 46.5 Å². The summed E-state index contributed by atoms with van der Waals surface area (Å²) in [7, 11) is 0. The Morgan fingerprint density at radius 2 is 1.97 bits per heavy atom. The molecule has 4 rings (SSSR count). The molecule has 30 heavy (non-hydrogen) atoms. The van der Waals surface area contributed by atoms with Crippen LogP contribution >= 0.6 is 69.2 Å². The van der Waals surface area contributed by atoms with Gasteiger partial charge in [0.05, 0.1) is 16.5 Å². The van der Waals surface area contributed by atoms with Crippen molar-refractivity contribution in [3.63, 3.8) is 0 Å². The van der Waals surface area contributed by atoms with Crippen molar-refractivity contribution < 1.29 is 23.9 Å². The van der Waals surface area contributed by atoms with Crippen molar-refractivity contribution in [2.75, 3.05) is 4.43 Å². The Bertz CT molecular complexity index is 857. The summed E-state index contributed by atoms with van der Waals surface area (Å²) in [5.41, 5.74) is -2.93. The second kappa shape index (κ2) is 9.09. The summed E-state index contributed by atoms with van der Waals surface area (Å²) in [4.78, 5) is 37.0. The van der Waals surface area contributed by atoms with E-state index in [-0.39, 0.29) is 11.3 Å². The Morgan fingerprint density at radius 1 is 1.37 bits per heavy atom. The third kappa shape index (κ3) is 4.32. The van der Waals surface area contributed by atoms with Gasteiger partial charge in [-0.1, -0.05) is 69.5 Å². The molecule has 2 fully saturated rings. The van der Waals surface area contributed by atoms with Gasteiger partial charge in [0.25, 0.3) is 0 Å². The van der Waals surface area contributed by atoms with Crippen LogP contribution in [0.4, 0.5) is 0 Å². The van der Waals surface area contributed by atoms with Crippen LogP contribution in [-0.2, 0) is 19.1 Å². The van der Waals surface area contributed by atoms with Crippen molar-refractivity contribution in [1.82, 2.24) is 10.2 Å². The first-order valence-electron chi connectivity index (χ1n) is 8.80. The number of ether oxygens (including phenoxy) is 2. The van der Waals surface area contributed by atoms with Crippen LogP contribution < -0.4 is 10.1 Å². The fourth-order valence-corrected chi connectivity index (χ4v) is 6.26. The Balaban J connectivity index is 0.000000302. The average Bonchev–Trinajstić information content (AvgIpc) is 3.42. The smallest absolute Gasteiger partial charge is 0.356 e. The van der Waals surface area contributed by atoms with Gasteiger partial charge < -0.3 is 14.8 Å². The number of nitrogens with zero attached hydrogens (tertiary/aromatic N) is 1. The monoisotopic (exact) mass is 606 g/mol. The normalized spacial score (nSPS) is 28.8. The van der Waals surface area contributed by atoms with Crippen molar-refractivity contribution >= 4 is 86.9 Å². The third-order valence-electron chi connectivity index (χ3n) is 4.78. The SMILES string of the molecule is CC(=O)NC1(C(=O)OC(Cl)C(Cl)Cl)N2C(=O)C[C@H]2SC1(C)CI.c1ccc2c(c1)O2. The lowest BCUT2D eigenvalue weighted by Gasteiger charge is -2.47. The molecule has 1 aromatic carbocycles. The van der Waals surface area contributed by atoms with E-state index in [1.165, 1.54) is 23.6 Å². The summed E-state index contributed by atoms with van der Waals surface area (Å²) in [5.74, 6) is 0.519. The first kappa shape index (κ1) is 24.0. The van der Waals surface area contributed by atoms with Crippen molar-refractivity contribution in [3.8, 4) is 11.5 Å². The lowest BCUT2D eigenvalue weighted by molar-refractivity contribution is -0.178. The Labute approximate surface area is 206 Å². The van der Waals surface area contributed by atoms with Crippen LogP contribution in [0.15, 0.2) is 24.3 Å². The number of thioether (sulfide) groups is 1. The zero-order chi connectivity index (χ0) is 22.3. The number of alkyl halides is 4. The lowest BCUT2D eigenvalue weighted by Crippen LogP contribution is -2.76. The van der Waals surface area contributed by atoms with Crippen LogP contribution in [0.3, 0.4) is 0 Å². The fourth-order valence-electron chi connectivity index (χ4n) is 3.32. The molecule has 164 valence electrons. The van der Waals surface area contributed by atoms with Gasteiger partial charge in [0.15, 0.2) is 16.3 Å². The largest absolute Gasteiger partial charge is 0.450 e. The van der Waals surface area contributed by atoms with Crippen molar-refractivity contribution in [2.24, 2.45) is 0 Å². The molecule has 2 amide bonds. The summed E-state index contributed by atoms with van der Waals surface area (Å²) >= 11 is 20.6. The molecule has 12 heteroatoms. The maximum atomic E-state index is 12.9. The highest BCUT2D eigenvalue weighted by Crippen LogP contribution is 2.57. The molecule has 0 aliphatic carbocycles. The highest BCUT2D eigenvalue weighted by atomic mass is 127. The summed E-state index contributed by atoms with van der Waals surface area (Å²) in [5, 5.41) is 2.43. The van der Waals surface area contributed by atoms with Crippen LogP contribution in [-0.4, -0.2) is 53.3 Å². The maximum absolute atomic E-state index is 12.9. The Hall–Kier alpha value is -0.620. The highest BCUT2D eigenvalue weighted by Gasteiger charge is 2.72. The van der Waals surface area contributed by atoms with Gasteiger partial charge in [-0.2, -0.15) is 0 Å². The van der Waals surface area contributed by atoms with Gasteiger partial charge in [0, 0.05) is 11.4 Å². The molecule has 7 nitrogen and oxygen atoms in total. The zero-order valence-electron chi connectivity index (χ0n) is 15.9. The number of carbonyl (C=O) groups is 3. The quantitative estimate of drug-likeness (QED) is 0.182. The van der Waals surface area contributed by atoms with E-state index < -0.39 is 32.7 Å². The van der Waals surface area contributed by atoms with Crippen molar-refractivity contribution in [1.29, 1.82) is 0 Å². The average molecular weight is 608 g/mol. The minimum Gasteiger partial charge on any atom is -0.450 e. The number of amides is 2. The molecule has 0 radical (unpaired) electrons. The van der Waals surface area contributed by atoms with Crippen LogP contribution in [0.1, 0.15) is 20.3 Å². The summed E-state index contributed by atoms with van der Waals surface area (Å²) < 4.78 is 9.78. The second-order valence-electron chi connectivity index (χ2n) is 6.94. The maximum Gasteiger partial charge on any atom is 0.356 e. The molecule has 1 N–H and O–H groups in total. The second-order valence-corrected chi connectivity index (χ2v) is 11.0. The number of β-lactam (4-membered cyclic amide) rings is 1. The van der Waals surface area contributed by atoms with E-state index in [9.17, 15) is 14.4 Å². The highest BCUT2D eigenvalue weighted by molar-refractivity contribution is 14.1. The number of rotatable bonds is 5. The van der Waals surface area contributed by atoms with Crippen LogP contribution in [0, 0.1) is 0 Å². The van der Waals surface area contributed by atoms with E-state index in [1.807, 2.05) is 24.3 Å². The standard InChI is InChI=1S/C12H14Cl3IN2O4S.C6H4O/c1-5(19)17-12(10(21)22-9(15)8(13)14)11(2,4-16)23-7-3-6(20)18(7)12;1-2-4-6-5(3-1)7-6/h7-9H,3-4H2,1-2H3,(H,17,19);1-4H/t7-,9?,11?,12?;/m1./s1. The molecule has 3 heterocycles. The molecule has 3 unspecified atom stereocenters. The molecule has 4 atom stereocenters. The minimum absolute atomic E-state index is 0.196. The number of halogens is 4. The van der Waals surface area contributed by atoms with Gasteiger partial charge in [0.2, 0.25) is 23.0 Å². The molecule has 0 saturated carbocycles. The Kier molecular flexibility index (Phi) is 7.28. The van der Waals surface area contributed by atoms with E-state index >= 15 is 0 Å². The summed E-state index contributed by atoms with van der Waals surface area (Å²) in [6, 6.07) is 7.84. The fraction of sp³-hybridized carbons (Fsp3) is 0.500. The molecule has 0 spiro atoms. The number of hydrogen-bond acceptors (Lipinski definition) is 6. The van der Waals surface area contributed by atoms with Crippen molar-refractivity contribution in [3.05, 3.63) is 24.3 Å². The van der Waals surface area contributed by atoms with Crippen LogP contribution in [0.5, 0.6) is 11.5 Å². The van der Waals surface area contributed by atoms with E-state index in [1.54, 1.807) is 6.92 Å². The lowest BCUT2D eigenvalue weighted by atomic mass is 9.89. The predicted octanol–water partition coefficient (Wildman–Crippen LogP) is 4.02. The first-order chi connectivity index (χ1) is 14.1. The molecular formula is C18H18Cl3IN2O5S. The molecule has 2 saturated heterocycles. The number of fused-ring (bicyclic) bond motifs is 2. The molecule has 3 aliphatic heterocycles. The van der Waals surface area contributed by atoms with E-state index in [2.05, 4.69) is 27.9 Å². The van der Waals surface area contributed by atoms with Crippen LogP contribution in [0.2, 0.25) is 0 Å². The van der Waals surface area contributed by atoms with Gasteiger partial charge in [-0.15, -0.1) is 11.8 Å². The van der Waals surface area contributed by atoms with Crippen LogP contribution in [0.25, 0.3) is 0 Å². The van der Waals surface area contributed by atoms with Gasteiger partial charge in [-0.25, -0.2) is 4.79 Å². The van der Waals surface area contributed by atoms with Gasteiger partial charge in [-0.3, -0.25) is 14.5 Å². The Morgan fingerprint density at radius 3 is 2.40 bits per heavy atom. The molecule has 3 aliphatic rings. The third-order valence-corrected chi connectivity index (χ3v) is 9.49. The zero-order valence-corrected chi connectivity index (χ0v) is 21.1. The molecular weight excluding hydrogens is 590 g/mol. The van der Waals surface area contributed by atoms with E-state index in [0.29, 0.717) is 10.8 Å². The molecule has 1 aromatic rings. The van der Waals surface area contributed by atoms with Gasteiger partial charge in [0.1, 0.15) is 0 Å². The number of esters is 1. The number of nitrogens with one attached hydrogen (secondary N) is 1. The van der Waals surface area contributed by atoms with Gasteiger partial charge in [-0.05, 0) is 19.1 Å². The van der Waals surface area contributed by atoms with Gasteiger partial charge >= 0.3 is 5.97 Å².